The van der Waals surface area contributed by atoms with Gasteiger partial charge in [0.1, 0.15) is 5.75 Å². The van der Waals surface area contributed by atoms with Crippen molar-refractivity contribution < 1.29 is 9.66 Å². The van der Waals surface area contributed by atoms with Crippen LogP contribution in [0.4, 0.5) is 5.69 Å². The number of ether oxygens (including phenoxy) is 1. The number of methoxy groups -OCH3 is 1. The van der Waals surface area contributed by atoms with Gasteiger partial charge in [0.15, 0.2) is 0 Å². The smallest absolute Gasteiger partial charge is 0.273 e. The van der Waals surface area contributed by atoms with Gasteiger partial charge in [-0.15, -0.1) is 0 Å². The maximum absolute atomic E-state index is 11.6. The van der Waals surface area contributed by atoms with Gasteiger partial charge in [-0.25, -0.2) is 0 Å². The van der Waals surface area contributed by atoms with Gasteiger partial charge < -0.3 is 9.30 Å². The number of rotatable bonds is 4. The summed E-state index contributed by atoms with van der Waals surface area (Å²) < 4.78 is 6.49. The van der Waals surface area contributed by atoms with Crippen molar-refractivity contribution in [3.63, 3.8) is 0 Å². The molecule has 0 N–H and O–H groups in total. The van der Waals surface area contributed by atoms with Crippen LogP contribution in [-0.2, 0) is 6.54 Å². The number of hydrogen-bond acceptors (Lipinski definition) is 4. The third-order valence-electron chi connectivity index (χ3n) is 2.65. The molecule has 0 aliphatic carbocycles. The van der Waals surface area contributed by atoms with Gasteiger partial charge in [-0.05, 0) is 17.7 Å². The SMILES string of the molecule is COc1cc(Cn2ccccc2=O)cc([N+](=O)[O-])c1. The third-order valence-corrected chi connectivity index (χ3v) is 2.65. The monoisotopic (exact) mass is 260 g/mol. The first-order valence-corrected chi connectivity index (χ1v) is 5.58. The molecule has 0 fully saturated rings. The summed E-state index contributed by atoms with van der Waals surface area (Å²) >= 11 is 0. The van der Waals surface area contributed by atoms with Crippen LogP contribution in [0.1, 0.15) is 5.56 Å². The van der Waals surface area contributed by atoms with Crippen molar-refractivity contribution in [3.05, 3.63) is 68.6 Å². The highest BCUT2D eigenvalue weighted by molar-refractivity contribution is 5.42. The molecule has 0 spiro atoms. The molecule has 1 heterocycles. The minimum atomic E-state index is -0.486. The summed E-state index contributed by atoms with van der Waals surface area (Å²) in [5.74, 6) is 0.396. The molecule has 0 amide bonds. The Hall–Kier alpha value is -2.63. The standard InChI is InChI=1S/C13H12N2O4/c1-19-12-7-10(6-11(8-12)15(17)18)9-14-5-3-2-4-13(14)16/h2-8H,9H2,1H3. The van der Waals surface area contributed by atoms with Crippen molar-refractivity contribution in [2.45, 2.75) is 6.54 Å². The Morgan fingerprint density at radius 3 is 2.74 bits per heavy atom. The largest absolute Gasteiger partial charge is 0.496 e. The van der Waals surface area contributed by atoms with Gasteiger partial charge in [0, 0.05) is 18.3 Å². The summed E-state index contributed by atoms with van der Waals surface area (Å²) in [5, 5.41) is 10.8. The Bertz CT molecular complexity index is 664. The number of non-ortho nitro benzene ring substituents is 1. The molecule has 0 radical (unpaired) electrons. The van der Waals surface area contributed by atoms with E-state index in [0.29, 0.717) is 11.3 Å². The Morgan fingerprint density at radius 1 is 1.32 bits per heavy atom. The van der Waals surface area contributed by atoms with E-state index in [2.05, 4.69) is 0 Å². The van der Waals surface area contributed by atoms with Gasteiger partial charge in [0.05, 0.1) is 24.6 Å². The second-order valence-corrected chi connectivity index (χ2v) is 3.96. The van der Waals surface area contributed by atoms with Crippen molar-refractivity contribution in [1.82, 2.24) is 4.57 Å². The van der Waals surface area contributed by atoms with Crippen LogP contribution in [0.25, 0.3) is 0 Å². The van der Waals surface area contributed by atoms with Crippen LogP contribution in [0.2, 0.25) is 0 Å². The Kier molecular flexibility index (Phi) is 3.61. The Balaban J connectivity index is 2.40. The lowest BCUT2D eigenvalue weighted by atomic mass is 10.2. The zero-order valence-electron chi connectivity index (χ0n) is 10.3. The molecule has 0 aliphatic heterocycles. The fourth-order valence-corrected chi connectivity index (χ4v) is 1.75. The molecule has 0 saturated carbocycles. The van der Waals surface area contributed by atoms with Gasteiger partial charge in [-0.1, -0.05) is 6.07 Å². The molecular weight excluding hydrogens is 248 g/mol. The van der Waals surface area contributed by atoms with Crippen LogP contribution < -0.4 is 10.3 Å². The molecule has 0 saturated heterocycles. The Labute approximate surface area is 109 Å². The lowest BCUT2D eigenvalue weighted by molar-refractivity contribution is -0.385. The minimum Gasteiger partial charge on any atom is -0.496 e. The summed E-state index contributed by atoms with van der Waals surface area (Å²) in [5.41, 5.74) is 0.422. The number of nitrogens with zero attached hydrogens (tertiary/aromatic N) is 2. The molecule has 6 nitrogen and oxygen atoms in total. The normalized spacial score (nSPS) is 10.2. The molecule has 0 unspecified atom stereocenters. The lowest BCUT2D eigenvalue weighted by Gasteiger charge is -2.07. The van der Waals surface area contributed by atoms with E-state index in [1.807, 2.05) is 0 Å². The zero-order chi connectivity index (χ0) is 13.8. The summed E-state index contributed by atoms with van der Waals surface area (Å²) in [6.07, 6.45) is 1.63. The highest BCUT2D eigenvalue weighted by Gasteiger charge is 2.10. The predicted octanol–water partition coefficient (Wildman–Crippen LogP) is 1.81. The fourth-order valence-electron chi connectivity index (χ4n) is 1.75. The summed E-state index contributed by atoms with van der Waals surface area (Å²) in [7, 11) is 1.44. The average Bonchev–Trinajstić information content (AvgIpc) is 2.41. The second-order valence-electron chi connectivity index (χ2n) is 3.96. The quantitative estimate of drug-likeness (QED) is 0.620. The first-order chi connectivity index (χ1) is 9.10. The number of pyridine rings is 1. The van der Waals surface area contributed by atoms with Gasteiger partial charge in [-0.3, -0.25) is 14.9 Å². The molecule has 98 valence electrons. The van der Waals surface area contributed by atoms with Gasteiger partial charge in [0.25, 0.3) is 11.2 Å². The summed E-state index contributed by atoms with van der Waals surface area (Å²) in [6.45, 7) is 0.262. The van der Waals surface area contributed by atoms with E-state index < -0.39 is 4.92 Å². The number of hydrogen-bond donors (Lipinski definition) is 0. The van der Waals surface area contributed by atoms with Crippen LogP contribution >= 0.6 is 0 Å². The number of aromatic nitrogens is 1. The maximum atomic E-state index is 11.6. The van der Waals surface area contributed by atoms with E-state index in [0.717, 1.165) is 0 Å². The van der Waals surface area contributed by atoms with E-state index in [1.165, 1.54) is 29.9 Å². The van der Waals surface area contributed by atoms with Crippen molar-refractivity contribution in [1.29, 1.82) is 0 Å². The molecule has 2 aromatic rings. The first kappa shape index (κ1) is 12.8. The van der Waals surface area contributed by atoms with E-state index in [9.17, 15) is 14.9 Å². The number of nitro groups is 1. The molecule has 0 bridgehead atoms. The average molecular weight is 260 g/mol. The van der Waals surface area contributed by atoms with Crippen molar-refractivity contribution in [3.8, 4) is 5.75 Å². The molecule has 19 heavy (non-hydrogen) atoms. The fraction of sp³-hybridized carbons (Fsp3) is 0.154. The predicted molar refractivity (Wildman–Crippen MR) is 69.5 cm³/mol. The van der Waals surface area contributed by atoms with E-state index >= 15 is 0 Å². The van der Waals surface area contributed by atoms with Crippen molar-refractivity contribution in [2.24, 2.45) is 0 Å². The molecule has 0 aliphatic rings. The van der Waals surface area contributed by atoms with E-state index in [4.69, 9.17) is 4.74 Å². The minimum absolute atomic E-state index is 0.0571. The second kappa shape index (κ2) is 5.34. The van der Waals surface area contributed by atoms with Crippen LogP contribution in [0, 0.1) is 10.1 Å². The highest BCUT2D eigenvalue weighted by atomic mass is 16.6. The van der Waals surface area contributed by atoms with Crippen LogP contribution in [-0.4, -0.2) is 16.6 Å². The molecular formula is C13H12N2O4. The van der Waals surface area contributed by atoms with Gasteiger partial charge in [0.2, 0.25) is 0 Å². The zero-order valence-corrected chi connectivity index (χ0v) is 10.3. The maximum Gasteiger partial charge on any atom is 0.273 e. The lowest BCUT2D eigenvalue weighted by Crippen LogP contribution is -2.18. The van der Waals surface area contributed by atoms with Gasteiger partial charge >= 0.3 is 0 Å². The van der Waals surface area contributed by atoms with Gasteiger partial charge in [-0.2, -0.15) is 0 Å². The van der Waals surface area contributed by atoms with Crippen LogP contribution in [0.3, 0.4) is 0 Å². The molecule has 1 aromatic heterocycles. The highest BCUT2D eigenvalue weighted by Crippen LogP contribution is 2.22. The number of benzene rings is 1. The van der Waals surface area contributed by atoms with E-state index in [1.54, 1.807) is 24.4 Å². The van der Waals surface area contributed by atoms with Crippen molar-refractivity contribution in [2.75, 3.05) is 7.11 Å². The third kappa shape index (κ3) is 2.98. The van der Waals surface area contributed by atoms with E-state index in [-0.39, 0.29) is 17.8 Å². The number of nitro benzene ring substituents is 1. The van der Waals surface area contributed by atoms with Crippen molar-refractivity contribution >= 4 is 5.69 Å². The Morgan fingerprint density at radius 2 is 2.11 bits per heavy atom. The summed E-state index contributed by atoms with van der Waals surface area (Å²) in [4.78, 5) is 21.9. The van der Waals surface area contributed by atoms with Crippen LogP contribution in [0.5, 0.6) is 5.75 Å². The first-order valence-electron chi connectivity index (χ1n) is 5.58. The molecule has 0 atom stereocenters. The molecule has 1 aromatic carbocycles. The molecule has 2 rings (SSSR count). The van der Waals surface area contributed by atoms with Crippen LogP contribution in [0.15, 0.2) is 47.4 Å². The summed E-state index contributed by atoms with van der Waals surface area (Å²) in [6, 6.07) is 9.27. The molecule has 6 heteroatoms. The topological polar surface area (TPSA) is 74.4 Å².